The molecule has 0 saturated heterocycles. The Balaban J connectivity index is 0.00000144. The van der Waals surface area contributed by atoms with Gasteiger partial charge < -0.3 is 17.1 Å². The molecule has 0 heterocycles. The summed E-state index contributed by atoms with van der Waals surface area (Å²) in [5, 5.41) is 8.54. The summed E-state index contributed by atoms with van der Waals surface area (Å²) in [6.07, 6.45) is 1.63. The first kappa shape index (κ1) is 11.5. The first-order valence-corrected chi connectivity index (χ1v) is 3.56. The van der Waals surface area contributed by atoms with Gasteiger partial charge in [-0.2, -0.15) is 0 Å². The molecule has 4 heteroatoms. The number of benzene rings is 1. The van der Waals surface area contributed by atoms with Crippen LogP contribution < -0.4 is 17.1 Å². The minimum Gasteiger partial charge on any atom is -1.00 e. The summed E-state index contributed by atoms with van der Waals surface area (Å²) in [6.45, 7) is 3.92. The molecule has 0 aliphatic carbocycles. The van der Waals surface area contributed by atoms with Crippen molar-refractivity contribution >= 4 is 5.69 Å². The van der Waals surface area contributed by atoms with E-state index < -0.39 is 0 Å². The second-order valence-electron chi connectivity index (χ2n) is 2.17. The third-order valence-electron chi connectivity index (χ3n) is 1.33. The van der Waals surface area contributed by atoms with E-state index in [9.17, 15) is 0 Å². The highest BCUT2D eigenvalue weighted by molar-refractivity contribution is 5.56. The van der Waals surface area contributed by atoms with Gasteiger partial charge in [0.1, 0.15) is 6.61 Å². The SMILES string of the molecule is C=CCOc1ccccc1[N+]#N.[Cl-]. The lowest BCUT2D eigenvalue weighted by Gasteiger charge is -1.97. The van der Waals surface area contributed by atoms with Crippen LogP contribution in [0.15, 0.2) is 36.9 Å². The van der Waals surface area contributed by atoms with Crippen LogP contribution in [0.5, 0.6) is 5.75 Å². The van der Waals surface area contributed by atoms with Crippen LogP contribution in [-0.4, -0.2) is 6.61 Å². The van der Waals surface area contributed by atoms with E-state index >= 15 is 0 Å². The van der Waals surface area contributed by atoms with Gasteiger partial charge in [-0.1, -0.05) is 24.8 Å². The third kappa shape index (κ3) is 3.14. The molecular weight excluding hydrogens is 188 g/mol. The average molecular weight is 197 g/mol. The summed E-state index contributed by atoms with van der Waals surface area (Å²) in [4.78, 5) is 3.06. The molecule has 0 radical (unpaired) electrons. The minimum absolute atomic E-state index is 0. The molecule has 13 heavy (non-hydrogen) atoms. The maximum atomic E-state index is 8.54. The average Bonchev–Trinajstić information content (AvgIpc) is 2.15. The lowest BCUT2D eigenvalue weighted by atomic mass is 10.3. The third-order valence-corrected chi connectivity index (χ3v) is 1.33. The van der Waals surface area contributed by atoms with Crippen LogP contribution in [-0.2, 0) is 0 Å². The first-order chi connectivity index (χ1) is 5.88. The number of nitrogens with zero attached hydrogens (tertiary/aromatic N) is 2. The van der Waals surface area contributed by atoms with Gasteiger partial charge in [0.2, 0.25) is 11.1 Å². The maximum Gasteiger partial charge on any atom is 0.426 e. The summed E-state index contributed by atoms with van der Waals surface area (Å²) in [5.74, 6) is 0.555. The molecule has 1 rings (SSSR count). The molecule has 1 aromatic rings. The fourth-order valence-corrected chi connectivity index (χ4v) is 0.811. The smallest absolute Gasteiger partial charge is 0.426 e. The molecule has 1 aromatic carbocycles. The summed E-state index contributed by atoms with van der Waals surface area (Å²) in [5.41, 5.74) is 0.430. The Kier molecular flexibility index (Phi) is 5.33. The summed E-state index contributed by atoms with van der Waals surface area (Å²) in [7, 11) is 0. The van der Waals surface area contributed by atoms with Crippen molar-refractivity contribution in [1.29, 1.82) is 5.39 Å². The number of rotatable bonds is 3. The number of para-hydroxylation sites is 1. The normalized spacial score (nSPS) is 7.92. The van der Waals surface area contributed by atoms with Gasteiger partial charge in [0.05, 0.1) is 0 Å². The molecule has 0 aliphatic heterocycles. The monoisotopic (exact) mass is 196 g/mol. The summed E-state index contributed by atoms with van der Waals surface area (Å²) >= 11 is 0. The molecule has 0 saturated carbocycles. The molecule has 0 aliphatic rings. The van der Waals surface area contributed by atoms with Gasteiger partial charge in [-0.25, -0.2) is 0 Å². The largest absolute Gasteiger partial charge is 1.00 e. The van der Waals surface area contributed by atoms with Gasteiger partial charge in [0.25, 0.3) is 0 Å². The van der Waals surface area contributed by atoms with Crippen LogP contribution in [0.25, 0.3) is 4.98 Å². The second kappa shape index (κ2) is 6.04. The van der Waals surface area contributed by atoms with Crippen LogP contribution in [0.2, 0.25) is 0 Å². The number of diazo groups is 1. The lowest BCUT2D eigenvalue weighted by molar-refractivity contribution is -0.00000304. The molecule has 0 spiro atoms. The van der Waals surface area contributed by atoms with Crippen LogP contribution in [0, 0.1) is 5.39 Å². The first-order valence-electron chi connectivity index (χ1n) is 3.56. The van der Waals surface area contributed by atoms with Crippen molar-refractivity contribution in [1.82, 2.24) is 0 Å². The maximum absolute atomic E-state index is 8.54. The van der Waals surface area contributed by atoms with Crippen molar-refractivity contribution in [2.45, 2.75) is 0 Å². The Hall–Kier alpha value is -1.53. The molecule has 0 unspecified atom stereocenters. The van der Waals surface area contributed by atoms with E-state index in [1.54, 1.807) is 24.3 Å². The van der Waals surface area contributed by atoms with Crippen molar-refractivity contribution in [2.75, 3.05) is 6.61 Å². The van der Waals surface area contributed by atoms with Gasteiger partial charge in [0, 0.05) is 6.07 Å². The molecule has 0 bridgehead atoms. The van der Waals surface area contributed by atoms with E-state index in [0.29, 0.717) is 18.0 Å². The summed E-state index contributed by atoms with van der Waals surface area (Å²) < 4.78 is 5.21. The molecular formula is C9H9ClN2O. The van der Waals surface area contributed by atoms with Gasteiger partial charge in [0.15, 0.2) is 4.98 Å². The predicted octanol–water partition coefficient (Wildman–Crippen LogP) is -0.260. The Morgan fingerprint density at radius 1 is 1.46 bits per heavy atom. The van der Waals surface area contributed by atoms with Crippen molar-refractivity contribution in [3.05, 3.63) is 41.9 Å². The lowest BCUT2D eigenvalue weighted by Crippen LogP contribution is -3.00. The number of halogens is 1. The van der Waals surface area contributed by atoms with Gasteiger partial charge in [-0.15, -0.1) is 0 Å². The minimum atomic E-state index is 0. The van der Waals surface area contributed by atoms with Gasteiger partial charge >= 0.3 is 5.69 Å². The van der Waals surface area contributed by atoms with Crippen molar-refractivity contribution in [2.24, 2.45) is 0 Å². The van der Waals surface area contributed by atoms with Crippen LogP contribution in [0.4, 0.5) is 5.69 Å². The predicted molar refractivity (Wildman–Crippen MR) is 46.9 cm³/mol. The molecule has 68 valence electrons. The second-order valence-corrected chi connectivity index (χ2v) is 2.17. The fourth-order valence-electron chi connectivity index (χ4n) is 0.811. The van der Waals surface area contributed by atoms with E-state index in [1.165, 1.54) is 0 Å². The zero-order chi connectivity index (χ0) is 8.81. The van der Waals surface area contributed by atoms with Crippen molar-refractivity contribution < 1.29 is 17.1 Å². The number of ether oxygens (including phenoxy) is 1. The van der Waals surface area contributed by atoms with Gasteiger partial charge in [-0.05, 0) is 6.07 Å². The Labute approximate surface area is 83.1 Å². The summed E-state index contributed by atoms with van der Waals surface area (Å²) in [6, 6.07) is 6.99. The van der Waals surface area contributed by atoms with Gasteiger partial charge in [-0.3, -0.25) is 0 Å². The van der Waals surface area contributed by atoms with Crippen LogP contribution in [0.3, 0.4) is 0 Å². The molecule has 0 atom stereocenters. The highest BCUT2D eigenvalue weighted by Crippen LogP contribution is 2.26. The number of hydrogen-bond acceptors (Lipinski definition) is 2. The molecule has 3 nitrogen and oxygen atoms in total. The topological polar surface area (TPSA) is 37.4 Å². The Bertz CT molecular complexity index is 320. The van der Waals surface area contributed by atoms with Crippen LogP contribution in [0.1, 0.15) is 0 Å². The van der Waals surface area contributed by atoms with E-state index in [-0.39, 0.29) is 12.4 Å². The zero-order valence-corrected chi connectivity index (χ0v) is 7.74. The molecule has 0 amide bonds. The van der Waals surface area contributed by atoms with E-state index in [0.717, 1.165) is 0 Å². The fraction of sp³-hybridized carbons (Fsp3) is 0.111. The molecule has 0 aromatic heterocycles. The quantitative estimate of drug-likeness (QED) is 0.494. The van der Waals surface area contributed by atoms with E-state index in [4.69, 9.17) is 10.1 Å². The van der Waals surface area contributed by atoms with Crippen molar-refractivity contribution in [3.8, 4) is 5.75 Å². The Morgan fingerprint density at radius 3 is 2.77 bits per heavy atom. The van der Waals surface area contributed by atoms with Crippen molar-refractivity contribution in [3.63, 3.8) is 0 Å². The molecule has 0 fully saturated rings. The molecule has 0 N–H and O–H groups in total. The zero-order valence-electron chi connectivity index (χ0n) is 6.98. The van der Waals surface area contributed by atoms with E-state index in [1.807, 2.05) is 6.07 Å². The highest BCUT2D eigenvalue weighted by Gasteiger charge is 2.11. The van der Waals surface area contributed by atoms with Crippen LogP contribution >= 0.6 is 0 Å². The van der Waals surface area contributed by atoms with E-state index in [2.05, 4.69) is 11.6 Å². The standard InChI is InChI=1S/C9H9N2O.ClH/c1-2-7-12-9-6-4-3-5-8(9)11-10;/h2-6H,1,7H2;1H/q+1;/p-1. The Morgan fingerprint density at radius 2 is 2.15 bits per heavy atom. The number of hydrogen-bond donors (Lipinski definition) is 0. The highest BCUT2D eigenvalue weighted by atomic mass is 35.5.